The van der Waals surface area contributed by atoms with Gasteiger partial charge >= 0.3 is 5.97 Å². The zero-order valence-electron chi connectivity index (χ0n) is 7.48. The number of carboxylic acids is 1. The van der Waals surface area contributed by atoms with E-state index in [1.165, 1.54) is 0 Å². The molecule has 70 valence electrons. The number of nitrogens with zero attached hydrogens (tertiary/aromatic N) is 2. The van der Waals surface area contributed by atoms with Crippen LogP contribution in [0.1, 0.15) is 23.3 Å². The van der Waals surface area contributed by atoms with E-state index in [9.17, 15) is 4.79 Å². The molecule has 1 aromatic rings. The van der Waals surface area contributed by atoms with Gasteiger partial charge in [-0.05, 0) is 19.9 Å². The van der Waals surface area contributed by atoms with E-state index in [4.69, 9.17) is 10.8 Å². The minimum absolute atomic E-state index is 0.157. The summed E-state index contributed by atoms with van der Waals surface area (Å²) < 4.78 is 0. The second-order valence-electron chi connectivity index (χ2n) is 2.82. The van der Waals surface area contributed by atoms with Gasteiger partial charge < -0.3 is 10.8 Å². The summed E-state index contributed by atoms with van der Waals surface area (Å²) in [6, 6.07) is 0.622. The predicted octanol–water partition coefficient (Wildman–Crippen LogP) is 0.178. The van der Waals surface area contributed by atoms with E-state index in [1.54, 1.807) is 19.9 Å². The van der Waals surface area contributed by atoms with Crippen LogP contribution in [0.5, 0.6) is 0 Å². The summed E-state index contributed by atoms with van der Waals surface area (Å²) in [7, 11) is 0. The fourth-order valence-corrected chi connectivity index (χ4v) is 1.00. The SMILES string of the molecule is Cc1cc(C)nc([C@@H](N)C(=O)O)n1. The average molecular weight is 181 g/mol. The maximum Gasteiger partial charge on any atom is 0.328 e. The molecule has 0 amide bonds. The summed E-state index contributed by atoms with van der Waals surface area (Å²) in [5, 5.41) is 8.61. The van der Waals surface area contributed by atoms with Crippen LogP contribution in [-0.4, -0.2) is 21.0 Å². The Bertz CT molecular complexity index is 318. The van der Waals surface area contributed by atoms with Gasteiger partial charge in [-0.25, -0.2) is 9.97 Å². The Balaban J connectivity index is 3.07. The molecule has 0 saturated heterocycles. The highest BCUT2D eigenvalue weighted by molar-refractivity contribution is 5.73. The standard InChI is InChI=1S/C8H11N3O2/c1-4-3-5(2)11-7(10-4)6(9)8(12)13/h3,6H,9H2,1-2H3,(H,12,13)/t6-/m1/s1. The number of carboxylic acid groups (broad SMARTS) is 1. The second kappa shape index (κ2) is 3.49. The minimum Gasteiger partial charge on any atom is -0.480 e. The molecule has 1 atom stereocenters. The van der Waals surface area contributed by atoms with Crippen LogP contribution in [0, 0.1) is 13.8 Å². The second-order valence-corrected chi connectivity index (χ2v) is 2.82. The van der Waals surface area contributed by atoms with Crippen molar-refractivity contribution in [2.24, 2.45) is 5.73 Å². The van der Waals surface area contributed by atoms with Crippen LogP contribution in [0.2, 0.25) is 0 Å². The number of hydrogen-bond acceptors (Lipinski definition) is 4. The number of hydrogen-bond donors (Lipinski definition) is 2. The smallest absolute Gasteiger partial charge is 0.328 e. The van der Waals surface area contributed by atoms with Crippen molar-refractivity contribution < 1.29 is 9.90 Å². The van der Waals surface area contributed by atoms with Crippen LogP contribution in [-0.2, 0) is 4.79 Å². The monoisotopic (exact) mass is 181 g/mol. The van der Waals surface area contributed by atoms with Gasteiger partial charge in [0.25, 0.3) is 0 Å². The van der Waals surface area contributed by atoms with Gasteiger partial charge in [-0.3, -0.25) is 4.79 Å². The Morgan fingerprint density at radius 3 is 2.31 bits per heavy atom. The molecule has 1 heterocycles. The molecule has 0 aliphatic carbocycles. The Hall–Kier alpha value is -1.49. The van der Waals surface area contributed by atoms with Gasteiger partial charge in [-0.15, -0.1) is 0 Å². The molecule has 0 unspecified atom stereocenters. The lowest BCUT2D eigenvalue weighted by molar-refractivity contribution is -0.138. The topological polar surface area (TPSA) is 89.1 Å². The average Bonchev–Trinajstić information content (AvgIpc) is 2.01. The Morgan fingerprint density at radius 1 is 1.46 bits per heavy atom. The summed E-state index contributed by atoms with van der Waals surface area (Å²) in [5.41, 5.74) is 6.79. The lowest BCUT2D eigenvalue weighted by Gasteiger charge is -2.06. The molecule has 1 rings (SSSR count). The first-order chi connectivity index (χ1) is 6.00. The van der Waals surface area contributed by atoms with E-state index >= 15 is 0 Å². The van der Waals surface area contributed by atoms with Crippen molar-refractivity contribution in [3.05, 3.63) is 23.3 Å². The van der Waals surface area contributed by atoms with Crippen molar-refractivity contribution in [3.8, 4) is 0 Å². The molecular formula is C8H11N3O2. The molecule has 0 fully saturated rings. The summed E-state index contributed by atoms with van der Waals surface area (Å²) in [4.78, 5) is 18.4. The van der Waals surface area contributed by atoms with Gasteiger partial charge in [0.2, 0.25) is 0 Å². The van der Waals surface area contributed by atoms with Crippen LogP contribution in [0.15, 0.2) is 6.07 Å². The van der Waals surface area contributed by atoms with Crippen molar-refractivity contribution >= 4 is 5.97 Å². The van der Waals surface area contributed by atoms with E-state index in [-0.39, 0.29) is 5.82 Å². The molecule has 0 aliphatic heterocycles. The molecule has 1 aromatic heterocycles. The quantitative estimate of drug-likeness (QED) is 0.679. The lowest BCUT2D eigenvalue weighted by Crippen LogP contribution is -2.23. The van der Waals surface area contributed by atoms with E-state index < -0.39 is 12.0 Å². The Morgan fingerprint density at radius 2 is 1.92 bits per heavy atom. The third-order valence-corrected chi connectivity index (χ3v) is 1.54. The number of aliphatic carboxylic acids is 1. The van der Waals surface area contributed by atoms with Crippen molar-refractivity contribution in [1.29, 1.82) is 0 Å². The fourth-order valence-electron chi connectivity index (χ4n) is 1.00. The molecule has 0 radical (unpaired) electrons. The summed E-state index contributed by atoms with van der Waals surface area (Å²) in [5.74, 6) is -0.963. The van der Waals surface area contributed by atoms with Crippen molar-refractivity contribution in [2.75, 3.05) is 0 Å². The number of nitrogens with two attached hydrogens (primary N) is 1. The molecule has 0 saturated carbocycles. The molecule has 0 bridgehead atoms. The van der Waals surface area contributed by atoms with Crippen LogP contribution < -0.4 is 5.73 Å². The molecule has 5 nitrogen and oxygen atoms in total. The highest BCUT2D eigenvalue weighted by Crippen LogP contribution is 2.06. The molecule has 0 aliphatic rings. The van der Waals surface area contributed by atoms with Crippen molar-refractivity contribution in [1.82, 2.24) is 9.97 Å². The maximum absolute atomic E-state index is 10.5. The van der Waals surface area contributed by atoms with Crippen molar-refractivity contribution in [2.45, 2.75) is 19.9 Å². The maximum atomic E-state index is 10.5. The van der Waals surface area contributed by atoms with E-state index in [2.05, 4.69) is 9.97 Å². The van der Waals surface area contributed by atoms with E-state index in [0.717, 1.165) is 11.4 Å². The summed E-state index contributed by atoms with van der Waals surface area (Å²) in [6.45, 7) is 3.54. The fraction of sp³-hybridized carbons (Fsp3) is 0.375. The van der Waals surface area contributed by atoms with Gasteiger partial charge in [0.05, 0.1) is 0 Å². The number of aryl methyl sites for hydroxylation is 2. The highest BCUT2D eigenvalue weighted by Gasteiger charge is 2.17. The van der Waals surface area contributed by atoms with Gasteiger partial charge in [0.15, 0.2) is 11.9 Å². The predicted molar refractivity (Wildman–Crippen MR) is 46.1 cm³/mol. The van der Waals surface area contributed by atoms with Gasteiger partial charge in [0, 0.05) is 11.4 Å². The lowest BCUT2D eigenvalue weighted by atomic mass is 10.2. The Labute approximate surface area is 75.6 Å². The van der Waals surface area contributed by atoms with Crippen LogP contribution in [0.3, 0.4) is 0 Å². The molecule has 3 N–H and O–H groups in total. The summed E-state index contributed by atoms with van der Waals surface area (Å²) in [6.07, 6.45) is 0. The first kappa shape index (κ1) is 9.60. The molecule has 5 heteroatoms. The van der Waals surface area contributed by atoms with Crippen LogP contribution >= 0.6 is 0 Å². The zero-order chi connectivity index (χ0) is 10.0. The summed E-state index contributed by atoms with van der Waals surface area (Å²) >= 11 is 0. The first-order valence-electron chi connectivity index (χ1n) is 3.81. The highest BCUT2D eigenvalue weighted by atomic mass is 16.4. The largest absolute Gasteiger partial charge is 0.480 e. The van der Waals surface area contributed by atoms with Gasteiger partial charge in [0.1, 0.15) is 0 Å². The number of rotatable bonds is 2. The first-order valence-corrected chi connectivity index (χ1v) is 3.81. The van der Waals surface area contributed by atoms with Crippen LogP contribution in [0.4, 0.5) is 0 Å². The third-order valence-electron chi connectivity index (χ3n) is 1.54. The normalized spacial score (nSPS) is 12.5. The third kappa shape index (κ3) is 2.22. The zero-order valence-corrected chi connectivity index (χ0v) is 7.48. The van der Waals surface area contributed by atoms with Gasteiger partial charge in [-0.2, -0.15) is 0 Å². The molecular weight excluding hydrogens is 170 g/mol. The van der Waals surface area contributed by atoms with E-state index in [1.807, 2.05) is 0 Å². The van der Waals surface area contributed by atoms with Crippen LogP contribution in [0.25, 0.3) is 0 Å². The molecule has 0 spiro atoms. The van der Waals surface area contributed by atoms with E-state index in [0.29, 0.717) is 0 Å². The number of aromatic nitrogens is 2. The Kier molecular flexibility index (Phi) is 2.57. The number of carbonyl (C=O) groups is 1. The van der Waals surface area contributed by atoms with Crippen molar-refractivity contribution in [3.63, 3.8) is 0 Å². The molecule has 0 aromatic carbocycles. The van der Waals surface area contributed by atoms with Gasteiger partial charge in [-0.1, -0.05) is 0 Å². The molecule has 13 heavy (non-hydrogen) atoms. The minimum atomic E-state index is -1.14.